The highest BCUT2D eigenvalue weighted by molar-refractivity contribution is 9.10. The third-order valence-electron chi connectivity index (χ3n) is 34.6. The Hall–Kier alpha value is -13.6. The summed E-state index contributed by atoms with van der Waals surface area (Å²) in [5, 5.41) is 23.2. The van der Waals surface area contributed by atoms with Gasteiger partial charge in [0.15, 0.2) is 0 Å². The molecule has 0 spiro atoms. The van der Waals surface area contributed by atoms with Crippen LogP contribution < -0.4 is 15.9 Å². The van der Waals surface area contributed by atoms with Gasteiger partial charge in [0.2, 0.25) is 0 Å². The molecular weight excluding hydrogens is 1760 g/mol. The van der Waals surface area contributed by atoms with Crippen LogP contribution in [0.25, 0.3) is 170 Å². The van der Waals surface area contributed by atoms with E-state index in [1.807, 2.05) is 0 Å². The summed E-state index contributed by atoms with van der Waals surface area (Å²) in [6.07, 6.45) is 20.2. The van der Waals surface area contributed by atoms with Crippen molar-refractivity contribution in [2.45, 2.75) is 124 Å². The van der Waals surface area contributed by atoms with Crippen LogP contribution in [-0.2, 0) is 14.7 Å². The van der Waals surface area contributed by atoms with Crippen molar-refractivity contribution in [2.24, 2.45) is 52.8 Å². The molecule has 19 aromatic carbocycles. The first-order chi connectivity index (χ1) is 68.3. The SMILES string of the molecule is CC(C)C1C2CCC1(C)C1C(c3ccccc3)=c3cc(-c4ccc5c(C6=C7C=CC=CC7CC=C6)c6ccccc6c(-c6cccc7ccccc67)c5c4)ccc3=C(c3ccccc3)C21.CC(C)C1C2CCC1(C)c1c2c(-c2ccccc2)c2ccc(Br)cc2c1-c1ccccc1.CC1(C)OB(c2ccc3c(-c4cccc5ccccc45)c4ccccc4c(-c4cccc5ccccc45)c3c2)OC1(C)C. The van der Waals surface area contributed by atoms with Gasteiger partial charge in [-0.2, -0.15) is 0 Å². The molecule has 1 saturated heterocycles. The number of fused-ring (bicyclic) bond motifs is 20. The minimum Gasteiger partial charge on any atom is -0.399 e. The molecule has 0 radical (unpaired) electrons. The van der Waals surface area contributed by atoms with Crippen molar-refractivity contribution in [3.8, 4) is 66.8 Å². The lowest BCUT2D eigenvalue weighted by molar-refractivity contribution is 0.00578. The van der Waals surface area contributed by atoms with Crippen LogP contribution in [-0.4, -0.2) is 18.3 Å². The Labute approximate surface area is 832 Å². The summed E-state index contributed by atoms with van der Waals surface area (Å²) in [6, 6.07) is 138. The van der Waals surface area contributed by atoms with E-state index in [-0.39, 0.29) is 10.8 Å². The Kier molecular flexibility index (Phi) is 21.6. The van der Waals surface area contributed by atoms with Crippen molar-refractivity contribution in [1.29, 1.82) is 0 Å². The maximum Gasteiger partial charge on any atom is 0.494 e. The molecule has 4 fully saturated rings. The first-order valence-electron chi connectivity index (χ1n) is 51.2. The number of hydrogen-bond donors (Lipinski definition) is 0. The van der Waals surface area contributed by atoms with Gasteiger partial charge in [-0.05, 0) is 361 Å². The monoisotopic (exact) mass is 1870 g/mol. The van der Waals surface area contributed by atoms with Crippen LogP contribution in [0.1, 0.15) is 135 Å². The van der Waals surface area contributed by atoms with Crippen LogP contribution in [0.15, 0.2) is 417 Å². The van der Waals surface area contributed by atoms with Gasteiger partial charge in [0.25, 0.3) is 0 Å². The van der Waals surface area contributed by atoms with Gasteiger partial charge in [0.05, 0.1) is 11.2 Å². The Morgan fingerprint density at radius 3 is 1.35 bits per heavy atom. The Bertz CT molecular complexity index is 8540. The second-order valence-corrected chi connectivity index (χ2v) is 44.2. The molecule has 1 aliphatic heterocycles. The Morgan fingerprint density at radius 1 is 0.343 bits per heavy atom. The molecule has 0 aromatic heterocycles. The quantitative estimate of drug-likeness (QED) is 0.0897. The maximum atomic E-state index is 6.55. The molecule has 19 aromatic rings. The minimum absolute atomic E-state index is 0.222. The van der Waals surface area contributed by atoms with Crippen molar-refractivity contribution in [3.63, 3.8) is 0 Å². The second-order valence-electron chi connectivity index (χ2n) is 43.3. The number of halogens is 1. The largest absolute Gasteiger partial charge is 0.494 e. The predicted octanol–water partition coefficient (Wildman–Crippen LogP) is 34.6. The molecule has 1 heterocycles. The zero-order valence-corrected chi connectivity index (χ0v) is 83.3. The van der Waals surface area contributed by atoms with E-state index in [2.05, 4.69) is 492 Å². The Morgan fingerprint density at radius 2 is 0.786 bits per heavy atom. The smallest absolute Gasteiger partial charge is 0.399 e. The zero-order chi connectivity index (χ0) is 94.8. The lowest BCUT2D eigenvalue weighted by atomic mass is 9.60. The van der Waals surface area contributed by atoms with E-state index in [9.17, 15) is 0 Å². The van der Waals surface area contributed by atoms with Crippen LogP contribution in [0.2, 0.25) is 0 Å². The van der Waals surface area contributed by atoms with Gasteiger partial charge in [0.1, 0.15) is 0 Å². The van der Waals surface area contributed by atoms with E-state index in [1.54, 1.807) is 22.3 Å². The van der Waals surface area contributed by atoms with E-state index in [4.69, 9.17) is 9.31 Å². The highest BCUT2D eigenvalue weighted by Gasteiger charge is 2.65. The van der Waals surface area contributed by atoms with E-state index >= 15 is 0 Å². The van der Waals surface area contributed by atoms with E-state index in [0.29, 0.717) is 53.3 Å². The normalized spacial score (nSPS) is 21.6. The van der Waals surface area contributed by atoms with Crippen LogP contribution >= 0.6 is 15.9 Å². The van der Waals surface area contributed by atoms with Crippen LogP contribution in [0, 0.1) is 52.8 Å². The van der Waals surface area contributed by atoms with Gasteiger partial charge >= 0.3 is 7.12 Å². The van der Waals surface area contributed by atoms with Crippen molar-refractivity contribution in [1.82, 2.24) is 0 Å². The van der Waals surface area contributed by atoms with E-state index < -0.39 is 18.3 Å². The van der Waals surface area contributed by atoms with E-state index in [1.165, 1.54) is 217 Å². The molecule has 4 heteroatoms. The van der Waals surface area contributed by atoms with E-state index in [0.717, 1.165) is 16.4 Å². The summed E-state index contributed by atoms with van der Waals surface area (Å²) in [5.41, 5.74) is 29.7. The van der Waals surface area contributed by atoms with Gasteiger partial charge in [0, 0.05) is 10.4 Å². The summed E-state index contributed by atoms with van der Waals surface area (Å²) in [7, 11) is -0.442. The topological polar surface area (TPSA) is 18.5 Å². The first kappa shape index (κ1) is 87.9. The summed E-state index contributed by atoms with van der Waals surface area (Å²) < 4.78 is 14.3. The molecule has 7 aliphatic carbocycles. The van der Waals surface area contributed by atoms with Gasteiger partial charge < -0.3 is 9.31 Å². The van der Waals surface area contributed by atoms with Crippen LogP contribution in [0.5, 0.6) is 0 Å². The molecule has 9 atom stereocenters. The van der Waals surface area contributed by atoms with Crippen molar-refractivity contribution < 1.29 is 9.31 Å². The summed E-state index contributed by atoms with van der Waals surface area (Å²) >= 11 is 3.79. The summed E-state index contributed by atoms with van der Waals surface area (Å²) in [4.78, 5) is 0. The molecule has 3 saturated carbocycles. The van der Waals surface area contributed by atoms with Crippen LogP contribution in [0.3, 0.4) is 0 Å². The predicted molar refractivity (Wildman–Crippen MR) is 599 cm³/mol. The zero-order valence-electron chi connectivity index (χ0n) is 81.7. The van der Waals surface area contributed by atoms with Gasteiger partial charge in [-0.3, -0.25) is 0 Å². The fourth-order valence-electron chi connectivity index (χ4n) is 28.6. The average molecular weight is 1870 g/mol. The summed E-state index contributed by atoms with van der Waals surface area (Å²) in [5.74, 6) is 5.33. The minimum atomic E-state index is -0.442. The molecule has 0 amide bonds. The lowest BCUT2D eigenvalue weighted by Crippen LogP contribution is -2.45. The molecule has 0 N–H and O–H groups in total. The average Bonchev–Trinajstić information content (AvgIpc) is 1.51. The first-order valence-corrected chi connectivity index (χ1v) is 52.0. The second kappa shape index (κ2) is 34.4. The molecule has 4 bridgehead atoms. The number of allylic oxidation sites excluding steroid dienone is 8. The summed E-state index contributed by atoms with van der Waals surface area (Å²) in [6.45, 7) is 23.6. The molecule has 9 unspecified atom stereocenters. The highest BCUT2D eigenvalue weighted by atomic mass is 79.9. The number of hydrogen-bond acceptors (Lipinski definition) is 2. The molecular formula is C136H116BBrO2. The third-order valence-corrected chi connectivity index (χ3v) is 35.1. The molecule has 27 rings (SSSR count). The number of benzene rings is 19. The van der Waals surface area contributed by atoms with Gasteiger partial charge in [-0.15, -0.1) is 0 Å². The molecule has 2 nitrogen and oxygen atoms in total. The number of rotatable bonds is 12. The van der Waals surface area contributed by atoms with Crippen LogP contribution in [0.4, 0.5) is 0 Å². The third kappa shape index (κ3) is 14.0. The van der Waals surface area contributed by atoms with Crippen molar-refractivity contribution in [2.75, 3.05) is 0 Å². The standard InChI is InChI=1S/C65H54.C40H33BO2.C31H29Br/c1-40(2)63-55-36-37-65(63,3)64-59(44-22-8-5-9-23-44)56-38-45(32-34-53(56)58(62(55)64)43-20-6-4-7-21-43)46-33-35-54-57(39-46)61(50-31-17-25-42-19-11-13-27-48(42)50)52-29-15-14-28-51(52)60(54)49-30-16-24-41-18-10-12-26-47(41)49;1-39(2)40(3,4)43-41(42-39)28-23-24-35-36(25-28)38(32-22-12-16-27-14-6-8-18-30(27)32)34-20-10-9-19-33(34)37(35)31-21-11-15-26-13-5-7-17-29(26)31;1-19(2)29-24-16-17-31(29,3)30-27(21-12-8-5-9-13-21)25-18-22(32)14-15-23(25)26(28(24)30)20-10-6-4-7-11-20/h4-23,25-35,38-41,55,62-64H,24,36-37H2,1-3H3;5-25H,1-4H3;4-15,18-19,24,29H,16-17H2,1-3H3. The van der Waals surface area contributed by atoms with Crippen molar-refractivity contribution in [3.05, 3.63) is 455 Å². The fourth-order valence-corrected chi connectivity index (χ4v) is 28.9. The molecule has 8 aliphatic rings. The Balaban J connectivity index is 0.000000119. The van der Waals surface area contributed by atoms with Crippen molar-refractivity contribution >= 4 is 131 Å². The maximum absolute atomic E-state index is 6.55. The highest BCUT2D eigenvalue weighted by Crippen LogP contribution is 2.72. The lowest BCUT2D eigenvalue weighted by Gasteiger charge is -2.43. The molecule has 140 heavy (non-hydrogen) atoms. The molecule has 682 valence electrons. The fraction of sp³-hybridized carbons (Fsp3) is 0.206. The van der Waals surface area contributed by atoms with Gasteiger partial charge in [-0.25, -0.2) is 0 Å². The van der Waals surface area contributed by atoms with Gasteiger partial charge in [-0.1, -0.05) is 440 Å².